The number of nitrogens with zero attached hydrogens (tertiary/aromatic N) is 2. The van der Waals surface area contributed by atoms with E-state index >= 15 is 0 Å². The first-order chi connectivity index (χ1) is 7.75. The lowest BCUT2D eigenvalue weighted by atomic mass is 10.3. The zero-order valence-electron chi connectivity index (χ0n) is 8.16. The van der Waals surface area contributed by atoms with E-state index in [0.717, 1.165) is 11.0 Å². The second kappa shape index (κ2) is 3.24. The van der Waals surface area contributed by atoms with Gasteiger partial charge in [0.1, 0.15) is 10.7 Å². The molecule has 0 unspecified atom stereocenters. The second-order valence-electron chi connectivity index (χ2n) is 3.40. The Balaban J connectivity index is 2.23. The minimum atomic E-state index is 0.275. The van der Waals surface area contributed by atoms with Crippen molar-refractivity contribution in [2.75, 3.05) is 5.73 Å². The number of aromatic nitrogens is 4. The molecular formula is C10H8ClN5. The molecule has 0 bridgehead atoms. The summed E-state index contributed by atoms with van der Waals surface area (Å²) in [6.07, 6.45) is 0. The maximum absolute atomic E-state index is 5.99. The molecule has 3 aromatic rings. The van der Waals surface area contributed by atoms with Gasteiger partial charge in [0, 0.05) is 0 Å². The van der Waals surface area contributed by atoms with Gasteiger partial charge in [-0.15, -0.1) is 0 Å². The minimum Gasteiger partial charge on any atom is -0.381 e. The van der Waals surface area contributed by atoms with E-state index in [1.165, 1.54) is 0 Å². The lowest BCUT2D eigenvalue weighted by molar-refractivity contribution is 1.09. The largest absolute Gasteiger partial charge is 0.381 e. The molecule has 3 rings (SSSR count). The van der Waals surface area contributed by atoms with Crippen LogP contribution in [0.3, 0.4) is 0 Å². The molecule has 4 N–H and O–H groups in total. The molecule has 0 aliphatic rings. The first kappa shape index (κ1) is 9.23. The minimum absolute atomic E-state index is 0.275. The van der Waals surface area contributed by atoms with E-state index in [-0.39, 0.29) is 5.82 Å². The summed E-state index contributed by atoms with van der Waals surface area (Å²) in [5.74, 6) is 0.910. The van der Waals surface area contributed by atoms with E-state index in [0.29, 0.717) is 16.5 Å². The van der Waals surface area contributed by atoms with Crippen molar-refractivity contribution in [1.82, 2.24) is 20.2 Å². The Morgan fingerprint density at radius 3 is 2.75 bits per heavy atom. The molecule has 6 heteroatoms. The molecule has 80 valence electrons. The van der Waals surface area contributed by atoms with Crippen molar-refractivity contribution in [2.24, 2.45) is 0 Å². The van der Waals surface area contributed by atoms with Gasteiger partial charge in [-0.25, -0.2) is 4.98 Å². The quantitative estimate of drug-likeness (QED) is 0.602. The van der Waals surface area contributed by atoms with E-state index in [2.05, 4.69) is 20.2 Å². The fraction of sp³-hybridized carbons (Fsp3) is 0. The van der Waals surface area contributed by atoms with Gasteiger partial charge in [0.05, 0.1) is 11.0 Å². The van der Waals surface area contributed by atoms with Crippen molar-refractivity contribution in [3.63, 3.8) is 0 Å². The summed E-state index contributed by atoms with van der Waals surface area (Å²) in [7, 11) is 0. The number of anilines is 1. The van der Waals surface area contributed by atoms with Gasteiger partial charge in [0.25, 0.3) is 0 Å². The lowest BCUT2D eigenvalue weighted by Gasteiger charge is -1.90. The highest BCUT2D eigenvalue weighted by atomic mass is 35.5. The van der Waals surface area contributed by atoms with Gasteiger partial charge in [-0.1, -0.05) is 23.7 Å². The molecule has 0 radical (unpaired) electrons. The third kappa shape index (κ3) is 1.25. The number of fused-ring (bicyclic) bond motifs is 1. The fourth-order valence-electron chi connectivity index (χ4n) is 1.57. The molecule has 0 aliphatic carbocycles. The maximum atomic E-state index is 5.99. The maximum Gasteiger partial charge on any atom is 0.164 e. The number of nitrogens with one attached hydrogen (secondary N) is 2. The smallest absolute Gasteiger partial charge is 0.164 e. The molecule has 0 saturated carbocycles. The molecule has 0 amide bonds. The molecule has 0 spiro atoms. The molecule has 2 heterocycles. The number of rotatable bonds is 1. The van der Waals surface area contributed by atoms with Crippen LogP contribution in [-0.2, 0) is 0 Å². The third-order valence-electron chi connectivity index (χ3n) is 2.36. The van der Waals surface area contributed by atoms with Crippen molar-refractivity contribution in [2.45, 2.75) is 0 Å². The van der Waals surface area contributed by atoms with E-state index in [9.17, 15) is 0 Å². The highest BCUT2D eigenvalue weighted by molar-refractivity contribution is 6.35. The van der Waals surface area contributed by atoms with Gasteiger partial charge in [0.15, 0.2) is 11.6 Å². The van der Waals surface area contributed by atoms with Crippen molar-refractivity contribution in [3.8, 4) is 11.5 Å². The predicted octanol–water partition coefficient (Wildman–Crippen LogP) is 2.19. The van der Waals surface area contributed by atoms with Crippen LogP contribution in [0.1, 0.15) is 0 Å². The summed E-state index contributed by atoms with van der Waals surface area (Å²) in [4.78, 5) is 7.53. The number of hydrogen-bond donors (Lipinski definition) is 3. The van der Waals surface area contributed by atoms with Gasteiger partial charge >= 0.3 is 0 Å². The van der Waals surface area contributed by atoms with Crippen molar-refractivity contribution in [3.05, 3.63) is 29.3 Å². The van der Waals surface area contributed by atoms with Gasteiger partial charge in [-0.3, -0.25) is 5.10 Å². The normalized spacial score (nSPS) is 11.1. The molecule has 1 aromatic carbocycles. The van der Waals surface area contributed by atoms with Crippen LogP contribution >= 0.6 is 11.6 Å². The van der Waals surface area contributed by atoms with E-state index in [1.807, 2.05) is 24.3 Å². The highest BCUT2D eigenvalue weighted by Crippen LogP contribution is 2.28. The molecular weight excluding hydrogens is 226 g/mol. The Bertz CT molecular complexity index is 621. The number of imidazole rings is 1. The topological polar surface area (TPSA) is 83.4 Å². The average molecular weight is 234 g/mol. The molecule has 2 aromatic heterocycles. The number of aromatic amines is 2. The molecule has 0 aliphatic heterocycles. The van der Waals surface area contributed by atoms with Gasteiger partial charge in [-0.05, 0) is 12.1 Å². The Hall–Kier alpha value is -2.01. The van der Waals surface area contributed by atoms with Crippen LogP contribution in [0.15, 0.2) is 24.3 Å². The zero-order chi connectivity index (χ0) is 11.1. The molecule has 5 nitrogen and oxygen atoms in total. The van der Waals surface area contributed by atoms with Crippen LogP contribution in [0.5, 0.6) is 0 Å². The van der Waals surface area contributed by atoms with Crippen LogP contribution in [0.2, 0.25) is 5.02 Å². The standard InChI is InChI=1S/C10H8ClN5/c11-7-8(15-16-9(7)12)10-13-5-3-1-2-4-6(5)14-10/h1-4H,(H,13,14)(H3,12,15,16). The first-order valence-electron chi connectivity index (χ1n) is 4.70. The van der Waals surface area contributed by atoms with E-state index < -0.39 is 0 Å². The van der Waals surface area contributed by atoms with Crippen molar-refractivity contribution in [1.29, 1.82) is 0 Å². The number of nitrogen functional groups attached to an aromatic ring is 1. The Labute approximate surface area is 95.6 Å². The molecule has 0 atom stereocenters. The van der Waals surface area contributed by atoms with Crippen LogP contribution in [0, 0.1) is 0 Å². The number of H-pyrrole nitrogens is 2. The van der Waals surface area contributed by atoms with Crippen molar-refractivity contribution >= 4 is 28.5 Å². The SMILES string of the molecule is Nc1n[nH]c(-c2nc3ccccc3[nH]2)c1Cl. The Morgan fingerprint density at radius 1 is 1.25 bits per heavy atom. The van der Waals surface area contributed by atoms with Gasteiger partial charge in [0.2, 0.25) is 0 Å². The molecule has 0 saturated heterocycles. The number of nitrogens with two attached hydrogens (primary N) is 1. The van der Waals surface area contributed by atoms with Crippen LogP contribution in [0.25, 0.3) is 22.6 Å². The summed E-state index contributed by atoms with van der Waals surface area (Å²) >= 11 is 5.99. The average Bonchev–Trinajstić information content (AvgIpc) is 2.84. The summed E-state index contributed by atoms with van der Waals surface area (Å²) in [5, 5.41) is 6.96. The second-order valence-corrected chi connectivity index (χ2v) is 3.78. The fourth-order valence-corrected chi connectivity index (χ4v) is 1.74. The van der Waals surface area contributed by atoms with E-state index in [1.54, 1.807) is 0 Å². The summed E-state index contributed by atoms with van der Waals surface area (Å²) in [6.45, 7) is 0. The Kier molecular flexibility index (Phi) is 1.87. The first-order valence-corrected chi connectivity index (χ1v) is 5.08. The summed E-state index contributed by atoms with van der Waals surface area (Å²) < 4.78 is 0. The van der Waals surface area contributed by atoms with E-state index in [4.69, 9.17) is 17.3 Å². The molecule has 0 fully saturated rings. The lowest BCUT2D eigenvalue weighted by Crippen LogP contribution is -1.83. The molecule has 16 heavy (non-hydrogen) atoms. The predicted molar refractivity (Wildman–Crippen MR) is 63.1 cm³/mol. The third-order valence-corrected chi connectivity index (χ3v) is 2.74. The van der Waals surface area contributed by atoms with Crippen LogP contribution in [0.4, 0.5) is 5.82 Å². The number of hydrogen-bond acceptors (Lipinski definition) is 3. The van der Waals surface area contributed by atoms with Gasteiger partial charge in [-0.2, -0.15) is 5.10 Å². The van der Waals surface area contributed by atoms with Crippen molar-refractivity contribution < 1.29 is 0 Å². The number of para-hydroxylation sites is 2. The van der Waals surface area contributed by atoms with Gasteiger partial charge < -0.3 is 10.7 Å². The zero-order valence-corrected chi connectivity index (χ0v) is 8.92. The van der Waals surface area contributed by atoms with Crippen LogP contribution in [-0.4, -0.2) is 20.2 Å². The van der Waals surface area contributed by atoms with Crippen LogP contribution < -0.4 is 5.73 Å². The summed E-state index contributed by atoms with van der Waals surface area (Å²) in [5.41, 5.74) is 7.99. The summed E-state index contributed by atoms with van der Waals surface area (Å²) in [6, 6.07) is 7.73. The Morgan fingerprint density at radius 2 is 2.06 bits per heavy atom. The number of benzene rings is 1. The highest BCUT2D eigenvalue weighted by Gasteiger charge is 2.13. The monoisotopic (exact) mass is 233 g/mol. The number of halogens is 1.